The molecular weight excluding hydrogens is 370 g/mol. The summed E-state index contributed by atoms with van der Waals surface area (Å²) in [6, 6.07) is 14.7. The lowest BCUT2D eigenvalue weighted by molar-refractivity contribution is 0.340. The van der Waals surface area contributed by atoms with E-state index in [9.17, 15) is 4.79 Å². The van der Waals surface area contributed by atoms with Crippen molar-refractivity contribution in [3.63, 3.8) is 0 Å². The number of hydrogen-bond donors (Lipinski definition) is 0. The van der Waals surface area contributed by atoms with Crippen molar-refractivity contribution in [1.29, 1.82) is 0 Å². The number of benzene rings is 2. The van der Waals surface area contributed by atoms with Crippen molar-refractivity contribution in [2.75, 3.05) is 6.61 Å². The molecule has 0 fully saturated rings. The van der Waals surface area contributed by atoms with Crippen LogP contribution in [0.2, 0.25) is 5.02 Å². The maximum absolute atomic E-state index is 12.6. The number of fused-ring (bicyclic) bond motifs is 1. The molecule has 0 unspecified atom stereocenters. The van der Waals surface area contributed by atoms with E-state index in [1.165, 1.54) is 11.3 Å². The molecule has 0 saturated heterocycles. The number of halogens is 1. The first kappa shape index (κ1) is 16.8. The highest BCUT2D eigenvalue weighted by Gasteiger charge is 2.15. The molecule has 0 bridgehead atoms. The van der Waals surface area contributed by atoms with Crippen LogP contribution in [0.3, 0.4) is 0 Å². The molecule has 0 spiro atoms. The standard InChI is InChI=1S/C20H14ClNO3S/c1-2-24-15-8-6-12(7-9-15)16-11-26-19-17(16)20(23)25-18(22-19)13-4-3-5-14(21)10-13/h3-11H,2H2,1H3. The summed E-state index contributed by atoms with van der Waals surface area (Å²) in [4.78, 5) is 17.8. The molecule has 2 aromatic carbocycles. The van der Waals surface area contributed by atoms with E-state index in [0.717, 1.165) is 16.9 Å². The lowest BCUT2D eigenvalue weighted by Gasteiger charge is -2.04. The molecule has 0 N–H and O–H groups in total. The number of rotatable bonds is 4. The van der Waals surface area contributed by atoms with Crippen molar-refractivity contribution in [2.45, 2.75) is 6.92 Å². The highest BCUT2D eigenvalue weighted by Crippen LogP contribution is 2.33. The highest BCUT2D eigenvalue weighted by atomic mass is 35.5. The van der Waals surface area contributed by atoms with Gasteiger partial charge in [0.05, 0.1) is 6.61 Å². The van der Waals surface area contributed by atoms with E-state index >= 15 is 0 Å². The first-order valence-electron chi connectivity index (χ1n) is 8.07. The molecular formula is C20H14ClNO3S. The fraction of sp³-hybridized carbons (Fsp3) is 0.100. The SMILES string of the molecule is CCOc1ccc(-c2csc3nc(-c4cccc(Cl)c4)oc(=O)c23)cc1. The largest absolute Gasteiger partial charge is 0.494 e. The Morgan fingerprint density at radius 1 is 1.15 bits per heavy atom. The fourth-order valence-corrected chi connectivity index (χ4v) is 3.86. The molecule has 4 rings (SSSR count). The quantitative estimate of drug-likeness (QED) is 0.458. The van der Waals surface area contributed by atoms with Crippen LogP contribution in [0, 0.1) is 0 Å². The van der Waals surface area contributed by atoms with Gasteiger partial charge < -0.3 is 9.15 Å². The van der Waals surface area contributed by atoms with Gasteiger partial charge in [0.1, 0.15) is 16.0 Å². The lowest BCUT2D eigenvalue weighted by atomic mass is 10.1. The van der Waals surface area contributed by atoms with Gasteiger partial charge in [-0.2, -0.15) is 0 Å². The van der Waals surface area contributed by atoms with Crippen LogP contribution in [0.1, 0.15) is 6.92 Å². The number of hydrogen-bond acceptors (Lipinski definition) is 5. The Balaban J connectivity index is 1.80. The van der Waals surface area contributed by atoms with Crippen LogP contribution in [0.4, 0.5) is 0 Å². The average molecular weight is 384 g/mol. The molecule has 26 heavy (non-hydrogen) atoms. The smallest absolute Gasteiger partial charge is 0.348 e. The summed E-state index contributed by atoms with van der Waals surface area (Å²) in [7, 11) is 0. The summed E-state index contributed by atoms with van der Waals surface area (Å²) in [6.07, 6.45) is 0. The van der Waals surface area contributed by atoms with Gasteiger partial charge in [0, 0.05) is 21.5 Å². The van der Waals surface area contributed by atoms with Gasteiger partial charge >= 0.3 is 5.63 Å². The van der Waals surface area contributed by atoms with E-state index in [0.29, 0.717) is 27.4 Å². The Kier molecular flexibility index (Phi) is 4.49. The second-order valence-corrected chi connectivity index (χ2v) is 6.90. The zero-order valence-corrected chi connectivity index (χ0v) is 15.4. The predicted octanol–water partition coefficient (Wildman–Crippen LogP) is 5.64. The van der Waals surface area contributed by atoms with Gasteiger partial charge in [0.2, 0.25) is 5.89 Å². The molecule has 4 nitrogen and oxygen atoms in total. The third-order valence-electron chi connectivity index (χ3n) is 3.92. The minimum atomic E-state index is -0.407. The number of thiophene rings is 1. The molecule has 0 aliphatic rings. The Morgan fingerprint density at radius 3 is 2.69 bits per heavy atom. The van der Waals surface area contributed by atoms with Crippen LogP contribution in [-0.4, -0.2) is 11.6 Å². The molecule has 0 aliphatic carbocycles. The van der Waals surface area contributed by atoms with Gasteiger partial charge in [-0.05, 0) is 42.8 Å². The van der Waals surface area contributed by atoms with Crippen molar-refractivity contribution in [3.05, 3.63) is 69.4 Å². The minimum Gasteiger partial charge on any atom is -0.494 e. The van der Waals surface area contributed by atoms with E-state index in [1.807, 2.05) is 42.6 Å². The van der Waals surface area contributed by atoms with Crippen LogP contribution in [0.5, 0.6) is 5.75 Å². The zero-order chi connectivity index (χ0) is 18.1. The van der Waals surface area contributed by atoms with Gasteiger partial charge in [-0.15, -0.1) is 11.3 Å². The summed E-state index contributed by atoms with van der Waals surface area (Å²) in [5, 5.41) is 2.98. The number of ether oxygens (including phenoxy) is 1. The molecule has 0 saturated carbocycles. The molecule has 0 atom stereocenters. The Labute approximate surface area is 158 Å². The summed E-state index contributed by atoms with van der Waals surface area (Å²) in [5.74, 6) is 1.06. The van der Waals surface area contributed by atoms with Crippen molar-refractivity contribution < 1.29 is 9.15 Å². The molecule has 2 heterocycles. The summed E-state index contributed by atoms with van der Waals surface area (Å²) < 4.78 is 10.9. The van der Waals surface area contributed by atoms with E-state index in [4.69, 9.17) is 20.8 Å². The maximum atomic E-state index is 12.6. The van der Waals surface area contributed by atoms with Crippen LogP contribution in [0.25, 0.3) is 32.8 Å². The summed E-state index contributed by atoms with van der Waals surface area (Å²) in [6.45, 7) is 2.55. The average Bonchev–Trinajstić information content (AvgIpc) is 3.07. The Hall–Kier alpha value is -2.63. The second-order valence-electron chi connectivity index (χ2n) is 5.60. The highest BCUT2D eigenvalue weighted by molar-refractivity contribution is 7.17. The van der Waals surface area contributed by atoms with Gasteiger partial charge in [-0.25, -0.2) is 9.78 Å². The Bertz CT molecular complexity index is 1130. The third kappa shape index (κ3) is 3.11. The molecule has 2 aromatic heterocycles. The first-order chi connectivity index (χ1) is 12.7. The summed E-state index contributed by atoms with van der Waals surface area (Å²) >= 11 is 7.43. The van der Waals surface area contributed by atoms with Crippen molar-refractivity contribution in [2.24, 2.45) is 0 Å². The van der Waals surface area contributed by atoms with E-state index in [1.54, 1.807) is 18.2 Å². The molecule has 0 radical (unpaired) electrons. The maximum Gasteiger partial charge on any atom is 0.348 e. The predicted molar refractivity (Wildman–Crippen MR) is 105 cm³/mol. The fourth-order valence-electron chi connectivity index (χ4n) is 2.74. The van der Waals surface area contributed by atoms with E-state index < -0.39 is 5.63 Å². The van der Waals surface area contributed by atoms with Crippen molar-refractivity contribution in [3.8, 4) is 28.3 Å². The molecule has 130 valence electrons. The van der Waals surface area contributed by atoms with Crippen LogP contribution >= 0.6 is 22.9 Å². The molecule has 0 aliphatic heterocycles. The van der Waals surface area contributed by atoms with E-state index in [-0.39, 0.29) is 5.89 Å². The van der Waals surface area contributed by atoms with Gasteiger partial charge in [0.15, 0.2) is 0 Å². The Morgan fingerprint density at radius 2 is 1.96 bits per heavy atom. The monoisotopic (exact) mass is 383 g/mol. The van der Waals surface area contributed by atoms with Crippen LogP contribution < -0.4 is 10.4 Å². The van der Waals surface area contributed by atoms with Crippen LogP contribution in [0.15, 0.2) is 63.1 Å². The normalized spacial score (nSPS) is 11.0. The number of aromatic nitrogens is 1. The molecule has 4 aromatic rings. The van der Waals surface area contributed by atoms with Crippen molar-refractivity contribution in [1.82, 2.24) is 4.98 Å². The van der Waals surface area contributed by atoms with Gasteiger partial charge in [0.25, 0.3) is 0 Å². The first-order valence-corrected chi connectivity index (χ1v) is 9.33. The van der Waals surface area contributed by atoms with Crippen molar-refractivity contribution >= 4 is 33.2 Å². The zero-order valence-electron chi connectivity index (χ0n) is 13.9. The molecule has 0 amide bonds. The molecule has 6 heteroatoms. The van der Waals surface area contributed by atoms with Crippen LogP contribution in [-0.2, 0) is 0 Å². The number of nitrogens with zero attached hydrogens (tertiary/aromatic N) is 1. The van der Waals surface area contributed by atoms with Gasteiger partial charge in [-0.1, -0.05) is 29.8 Å². The minimum absolute atomic E-state index is 0.269. The summed E-state index contributed by atoms with van der Waals surface area (Å²) in [5.41, 5.74) is 2.00. The third-order valence-corrected chi connectivity index (χ3v) is 5.02. The lowest BCUT2D eigenvalue weighted by Crippen LogP contribution is -2.02. The van der Waals surface area contributed by atoms with Gasteiger partial charge in [-0.3, -0.25) is 0 Å². The second kappa shape index (κ2) is 6.94. The topological polar surface area (TPSA) is 52.3 Å². The van der Waals surface area contributed by atoms with E-state index in [2.05, 4.69) is 4.98 Å².